The SMILES string of the molecule is CSc1cccc(Oc2ncc(F)cc2C(=O)N[C@H]2CC[C@@H](C(N)=O)CC2)c1. The number of ether oxygens (including phenoxy) is 1. The number of amides is 2. The van der Waals surface area contributed by atoms with Crippen LogP contribution in [0.1, 0.15) is 36.0 Å². The van der Waals surface area contributed by atoms with Crippen LogP contribution in [0.3, 0.4) is 0 Å². The zero-order chi connectivity index (χ0) is 20.1. The Hall–Kier alpha value is -2.61. The molecule has 2 amide bonds. The summed E-state index contributed by atoms with van der Waals surface area (Å²) in [4.78, 5) is 28.9. The zero-order valence-corrected chi connectivity index (χ0v) is 16.3. The Morgan fingerprint density at radius 3 is 2.68 bits per heavy atom. The number of thioether (sulfide) groups is 1. The van der Waals surface area contributed by atoms with Crippen molar-refractivity contribution in [2.75, 3.05) is 6.26 Å². The fourth-order valence-electron chi connectivity index (χ4n) is 3.23. The number of pyridine rings is 1. The molecule has 1 aliphatic rings. The summed E-state index contributed by atoms with van der Waals surface area (Å²) < 4.78 is 19.5. The van der Waals surface area contributed by atoms with E-state index in [1.165, 1.54) is 0 Å². The van der Waals surface area contributed by atoms with Crippen molar-refractivity contribution in [2.24, 2.45) is 11.7 Å². The summed E-state index contributed by atoms with van der Waals surface area (Å²) in [7, 11) is 0. The monoisotopic (exact) mass is 403 g/mol. The Morgan fingerprint density at radius 2 is 2.00 bits per heavy atom. The zero-order valence-electron chi connectivity index (χ0n) is 15.5. The largest absolute Gasteiger partial charge is 0.438 e. The summed E-state index contributed by atoms with van der Waals surface area (Å²) in [6, 6.07) is 8.36. The number of hydrogen-bond donors (Lipinski definition) is 2. The van der Waals surface area contributed by atoms with Crippen molar-refractivity contribution in [3.8, 4) is 11.6 Å². The molecular formula is C20H22FN3O3S. The molecule has 0 unspecified atom stereocenters. The van der Waals surface area contributed by atoms with Gasteiger partial charge in [-0.05, 0) is 56.2 Å². The minimum Gasteiger partial charge on any atom is -0.438 e. The number of carbonyl (C=O) groups excluding carboxylic acids is 2. The Kier molecular flexibility index (Phi) is 6.51. The first-order valence-electron chi connectivity index (χ1n) is 9.04. The normalized spacial score (nSPS) is 19.1. The number of halogens is 1. The molecule has 1 aromatic heterocycles. The highest BCUT2D eigenvalue weighted by Gasteiger charge is 2.27. The summed E-state index contributed by atoms with van der Waals surface area (Å²) >= 11 is 1.56. The molecule has 148 valence electrons. The minimum atomic E-state index is -0.618. The van der Waals surface area contributed by atoms with E-state index in [1.54, 1.807) is 17.8 Å². The van der Waals surface area contributed by atoms with Crippen LogP contribution in [0.25, 0.3) is 0 Å². The van der Waals surface area contributed by atoms with Gasteiger partial charge in [-0.25, -0.2) is 9.37 Å². The number of nitrogens with zero attached hydrogens (tertiary/aromatic N) is 1. The molecule has 3 rings (SSSR count). The highest BCUT2D eigenvalue weighted by molar-refractivity contribution is 7.98. The van der Waals surface area contributed by atoms with Gasteiger partial charge in [0.05, 0.1) is 6.20 Å². The standard InChI is InChI=1S/C20H22FN3O3S/c1-28-16-4-2-3-15(10-16)27-20-17(9-13(21)11-23-20)19(26)24-14-7-5-12(6-8-14)18(22)25/h2-4,9-12,14H,5-8H2,1H3,(H2,22,25)(H,24,26)/t12-,14+. The van der Waals surface area contributed by atoms with Crippen LogP contribution in [0.4, 0.5) is 4.39 Å². The van der Waals surface area contributed by atoms with Gasteiger partial charge in [0.15, 0.2) is 0 Å². The molecule has 8 heteroatoms. The number of nitrogens with one attached hydrogen (secondary N) is 1. The van der Waals surface area contributed by atoms with E-state index in [0.717, 1.165) is 17.2 Å². The molecule has 6 nitrogen and oxygen atoms in total. The summed E-state index contributed by atoms with van der Waals surface area (Å²) in [6.45, 7) is 0. The second-order valence-electron chi connectivity index (χ2n) is 6.71. The number of primary amides is 1. The van der Waals surface area contributed by atoms with E-state index in [1.807, 2.05) is 24.5 Å². The van der Waals surface area contributed by atoms with Gasteiger partial charge in [-0.2, -0.15) is 0 Å². The van der Waals surface area contributed by atoms with Crippen molar-refractivity contribution in [1.82, 2.24) is 10.3 Å². The smallest absolute Gasteiger partial charge is 0.257 e. The number of rotatable bonds is 6. The van der Waals surface area contributed by atoms with Crippen molar-refractivity contribution in [3.63, 3.8) is 0 Å². The summed E-state index contributed by atoms with van der Waals surface area (Å²) in [6.07, 6.45) is 5.52. The quantitative estimate of drug-likeness (QED) is 0.720. The van der Waals surface area contributed by atoms with Gasteiger partial charge in [0.2, 0.25) is 11.8 Å². The van der Waals surface area contributed by atoms with Gasteiger partial charge in [-0.3, -0.25) is 9.59 Å². The lowest BCUT2D eigenvalue weighted by atomic mass is 9.85. The van der Waals surface area contributed by atoms with Gasteiger partial charge < -0.3 is 15.8 Å². The molecule has 2 aromatic rings. The topological polar surface area (TPSA) is 94.3 Å². The van der Waals surface area contributed by atoms with Crippen molar-refractivity contribution < 1.29 is 18.7 Å². The van der Waals surface area contributed by atoms with Crippen LogP contribution in [-0.2, 0) is 4.79 Å². The lowest BCUT2D eigenvalue weighted by Crippen LogP contribution is -2.40. The minimum absolute atomic E-state index is 0.0339. The second-order valence-corrected chi connectivity index (χ2v) is 7.59. The Morgan fingerprint density at radius 1 is 1.25 bits per heavy atom. The summed E-state index contributed by atoms with van der Waals surface area (Å²) in [5.41, 5.74) is 5.38. The maximum absolute atomic E-state index is 13.7. The lowest BCUT2D eigenvalue weighted by Gasteiger charge is -2.27. The first-order valence-corrected chi connectivity index (χ1v) is 10.3. The third-order valence-electron chi connectivity index (χ3n) is 4.78. The van der Waals surface area contributed by atoms with Crippen LogP contribution < -0.4 is 15.8 Å². The predicted molar refractivity (Wildman–Crippen MR) is 105 cm³/mol. The molecule has 28 heavy (non-hydrogen) atoms. The molecule has 0 spiro atoms. The number of benzene rings is 1. The van der Waals surface area contributed by atoms with E-state index < -0.39 is 11.7 Å². The number of hydrogen-bond acceptors (Lipinski definition) is 5. The van der Waals surface area contributed by atoms with Gasteiger partial charge in [0, 0.05) is 16.9 Å². The maximum atomic E-state index is 13.7. The summed E-state index contributed by atoms with van der Waals surface area (Å²) in [5.74, 6) is -0.961. The first kappa shape index (κ1) is 20.1. The van der Waals surface area contributed by atoms with Gasteiger partial charge in [-0.15, -0.1) is 11.8 Å². The van der Waals surface area contributed by atoms with Gasteiger partial charge >= 0.3 is 0 Å². The fraction of sp³-hybridized carbons (Fsp3) is 0.350. The Labute approximate surface area is 167 Å². The van der Waals surface area contributed by atoms with Crippen molar-refractivity contribution >= 4 is 23.6 Å². The highest BCUT2D eigenvalue weighted by Crippen LogP contribution is 2.28. The Balaban J connectivity index is 1.73. The molecule has 0 saturated heterocycles. The van der Waals surface area contributed by atoms with Crippen LogP contribution in [0, 0.1) is 11.7 Å². The van der Waals surface area contributed by atoms with Gasteiger partial charge in [0.25, 0.3) is 5.91 Å². The van der Waals surface area contributed by atoms with Crippen molar-refractivity contribution in [2.45, 2.75) is 36.6 Å². The third kappa shape index (κ3) is 5.01. The molecule has 1 aromatic carbocycles. The van der Waals surface area contributed by atoms with Gasteiger partial charge in [-0.1, -0.05) is 6.07 Å². The van der Waals surface area contributed by atoms with E-state index in [2.05, 4.69) is 10.3 Å². The van der Waals surface area contributed by atoms with E-state index in [0.29, 0.717) is 31.4 Å². The molecule has 0 atom stereocenters. The molecular weight excluding hydrogens is 381 g/mol. The van der Waals surface area contributed by atoms with Crippen LogP contribution in [0.2, 0.25) is 0 Å². The lowest BCUT2D eigenvalue weighted by molar-refractivity contribution is -0.122. The summed E-state index contributed by atoms with van der Waals surface area (Å²) in [5, 5.41) is 2.89. The molecule has 0 bridgehead atoms. The molecule has 0 aliphatic heterocycles. The molecule has 1 saturated carbocycles. The predicted octanol–water partition coefficient (Wildman–Crippen LogP) is 3.51. The Bertz CT molecular complexity index is 870. The van der Waals surface area contributed by atoms with Crippen LogP contribution in [0.5, 0.6) is 11.6 Å². The number of nitrogens with two attached hydrogens (primary N) is 1. The third-order valence-corrected chi connectivity index (χ3v) is 5.51. The van der Waals surface area contributed by atoms with Crippen molar-refractivity contribution in [1.29, 1.82) is 0 Å². The molecule has 1 fully saturated rings. The molecule has 1 heterocycles. The van der Waals surface area contributed by atoms with Crippen LogP contribution >= 0.6 is 11.8 Å². The molecule has 1 aliphatic carbocycles. The maximum Gasteiger partial charge on any atom is 0.257 e. The second kappa shape index (κ2) is 9.05. The van der Waals surface area contributed by atoms with Crippen LogP contribution in [0.15, 0.2) is 41.4 Å². The number of aromatic nitrogens is 1. The van der Waals surface area contributed by atoms with Gasteiger partial charge in [0.1, 0.15) is 17.1 Å². The fourth-order valence-corrected chi connectivity index (χ4v) is 3.68. The molecule has 3 N–H and O–H groups in total. The average Bonchev–Trinajstić information content (AvgIpc) is 2.70. The molecule has 0 radical (unpaired) electrons. The van der Waals surface area contributed by atoms with E-state index in [-0.39, 0.29) is 29.3 Å². The number of carbonyl (C=O) groups is 2. The van der Waals surface area contributed by atoms with E-state index in [4.69, 9.17) is 10.5 Å². The van der Waals surface area contributed by atoms with E-state index in [9.17, 15) is 14.0 Å². The first-order chi connectivity index (χ1) is 13.5. The average molecular weight is 403 g/mol. The van der Waals surface area contributed by atoms with Crippen LogP contribution in [-0.4, -0.2) is 29.1 Å². The highest BCUT2D eigenvalue weighted by atomic mass is 32.2. The van der Waals surface area contributed by atoms with Crippen molar-refractivity contribution in [3.05, 3.63) is 47.9 Å². The van der Waals surface area contributed by atoms with E-state index >= 15 is 0 Å².